The average molecular weight is 487 g/mol. The fourth-order valence-corrected chi connectivity index (χ4v) is 9.66. The van der Waals surface area contributed by atoms with Gasteiger partial charge in [0.05, 0.1) is 5.60 Å². The Morgan fingerprint density at radius 2 is 1.86 bits per heavy atom. The Balaban J connectivity index is 1.52. The van der Waals surface area contributed by atoms with Crippen LogP contribution in [-0.2, 0) is 14.3 Å². The van der Waals surface area contributed by atoms with E-state index in [1.54, 1.807) is 0 Å². The van der Waals surface area contributed by atoms with Crippen molar-refractivity contribution in [2.45, 2.75) is 124 Å². The molecule has 4 heteroatoms. The Hall–Kier alpha value is -1.16. The molecule has 0 aromatic heterocycles. The van der Waals surface area contributed by atoms with Crippen LogP contribution in [0.3, 0.4) is 0 Å². The predicted molar refractivity (Wildman–Crippen MR) is 140 cm³/mol. The lowest BCUT2D eigenvalue weighted by molar-refractivity contribution is -0.149. The fourth-order valence-electron chi connectivity index (χ4n) is 9.66. The number of carbonyl (C=O) groups excluding carboxylic acids is 2. The number of hydrogen-bond acceptors (Lipinski definition) is 4. The van der Waals surface area contributed by atoms with Gasteiger partial charge in [0, 0.05) is 25.7 Å². The number of fused-ring (bicyclic) bond motifs is 5. The summed E-state index contributed by atoms with van der Waals surface area (Å²) in [7, 11) is 0. The molecular formula is C31H50O4. The van der Waals surface area contributed by atoms with E-state index in [9.17, 15) is 14.7 Å². The molecular weight excluding hydrogens is 436 g/mol. The highest BCUT2D eigenvalue weighted by molar-refractivity contribution is 5.82. The van der Waals surface area contributed by atoms with Crippen molar-refractivity contribution in [3.8, 4) is 0 Å². The maximum Gasteiger partial charge on any atom is 0.302 e. The van der Waals surface area contributed by atoms with Crippen LogP contribution in [0.4, 0.5) is 0 Å². The summed E-state index contributed by atoms with van der Waals surface area (Å²) < 4.78 is 5.59. The van der Waals surface area contributed by atoms with E-state index in [4.69, 9.17) is 4.74 Å². The van der Waals surface area contributed by atoms with E-state index in [1.165, 1.54) is 25.3 Å². The second-order valence-corrected chi connectivity index (χ2v) is 13.7. The van der Waals surface area contributed by atoms with Crippen molar-refractivity contribution in [2.75, 3.05) is 0 Å². The van der Waals surface area contributed by atoms with Gasteiger partial charge in [-0.3, -0.25) is 9.59 Å². The molecule has 4 rings (SSSR count). The molecule has 4 aliphatic rings. The topological polar surface area (TPSA) is 63.6 Å². The first kappa shape index (κ1) is 26.9. The van der Waals surface area contributed by atoms with Crippen LogP contribution < -0.4 is 0 Å². The molecule has 0 aromatic carbocycles. The van der Waals surface area contributed by atoms with Crippen LogP contribution in [0.15, 0.2) is 11.6 Å². The minimum atomic E-state index is -0.933. The van der Waals surface area contributed by atoms with Gasteiger partial charge in [0.15, 0.2) is 0 Å². The molecule has 4 nitrogen and oxygen atoms in total. The zero-order chi connectivity index (χ0) is 25.8. The SMILES string of the molecule is CC[C@@H](C(=O)C[C@](C)(O)[C@H]1CC[C@H]2[C@@H]3CC=C4C[C@@H](OC(C)=O)CC[C@]4(C)[C@H]3CC[C@@]21C)C(C)C. The maximum absolute atomic E-state index is 13.2. The zero-order valence-corrected chi connectivity index (χ0v) is 23.4. The standard InChI is InChI=1S/C31H50O4/c1-8-23(19(2)3)27(33)18-31(7,34)28-12-11-25-24-10-9-21-17-22(35-20(4)32)13-15-29(21,5)26(24)14-16-30(25,28)6/h9,19,22-26,28,34H,8,10-18H2,1-7H3/t22-,23+,24-,25-,26-,28-,29-,30-,31-/m0/s1. The van der Waals surface area contributed by atoms with Crippen molar-refractivity contribution in [3.05, 3.63) is 11.6 Å². The normalized spacial score (nSPS) is 41.2. The van der Waals surface area contributed by atoms with Gasteiger partial charge in [-0.25, -0.2) is 0 Å². The first-order chi connectivity index (χ1) is 16.3. The third kappa shape index (κ3) is 4.66. The van der Waals surface area contributed by atoms with Crippen molar-refractivity contribution in [1.82, 2.24) is 0 Å². The van der Waals surface area contributed by atoms with E-state index in [2.05, 4.69) is 40.7 Å². The van der Waals surface area contributed by atoms with E-state index in [1.807, 2.05) is 6.92 Å². The first-order valence-corrected chi connectivity index (χ1v) is 14.4. The predicted octanol–water partition coefficient (Wildman–Crippen LogP) is 6.89. The van der Waals surface area contributed by atoms with Crippen molar-refractivity contribution in [1.29, 1.82) is 0 Å². The third-order valence-corrected chi connectivity index (χ3v) is 11.3. The highest BCUT2D eigenvalue weighted by atomic mass is 16.5. The van der Waals surface area contributed by atoms with Crippen molar-refractivity contribution in [2.24, 2.45) is 46.3 Å². The summed E-state index contributed by atoms with van der Waals surface area (Å²) in [6.07, 6.45) is 12.3. The molecule has 3 saturated carbocycles. The van der Waals surface area contributed by atoms with Gasteiger partial charge >= 0.3 is 5.97 Å². The Bertz CT molecular complexity index is 856. The summed E-state index contributed by atoms with van der Waals surface area (Å²) in [5, 5.41) is 11.8. The number of hydrogen-bond donors (Lipinski definition) is 1. The number of allylic oxidation sites excluding steroid dienone is 1. The number of Topliss-reactive ketones (excluding diaryl/α,β-unsaturated/α-hetero) is 1. The van der Waals surface area contributed by atoms with E-state index in [0.29, 0.717) is 30.1 Å². The number of ketones is 1. The molecule has 0 radical (unpaired) electrons. The second kappa shape index (κ2) is 9.62. The first-order valence-electron chi connectivity index (χ1n) is 14.4. The minimum Gasteiger partial charge on any atom is -0.462 e. The molecule has 9 atom stereocenters. The Morgan fingerprint density at radius 3 is 2.49 bits per heavy atom. The van der Waals surface area contributed by atoms with E-state index >= 15 is 0 Å². The number of rotatable bonds is 7. The molecule has 0 heterocycles. The molecule has 0 unspecified atom stereocenters. The smallest absolute Gasteiger partial charge is 0.302 e. The van der Waals surface area contributed by atoms with Crippen LogP contribution in [0.2, 0.25) is 0 Å². The van der Waals surface area contributed by atoms with Gasteiger partial charge in [0.2, 0.25) is 0 Å². The van der Waals surface area contributed by atoms with Crippen LogP contribution >= 0.6 is 0 Å². The van der Waals surface area contributed by atoms with Crippen molar-refractivity contribution in [3.63, 3.8) is 0 Å². The molecule has 3 fully saturated rings. The largest absolute Gasteiger partial charge is 0.462 e. The van der Waals surface area contributed by atoms with Crippen molar-refractivity contribution < 1.29 is 19.4 Å². The van der Waals surface area contributed by atoms with Crippen LogP contribution in [-0.4, -0.2) is 28.6 Å². The number of esters is 1. The third-order valence-electron chi connectivity index (χ3n) is 11.3. The molecule has 198 valence electrons. The molecule has 0 amide bonds. The monoisotopic (exact) mass is 486 g/mol. The molecule has 0 saturated heterocycles. The average Bonchev–Trinajstić information content (AvgIpc) is 3.11. The summed E-state index contributed by atoms with van der Waals surface area (Å²) in [4.78, 5) is 24.7. The second-order valence-electron chi connectivity index (χ2n) is 13.7. The Kier molecular flexibility index (Phi) is 7.39. The molecule has 4 aliphatic carbocycles. The highest BCUT2D eigenvalue weighted by Crippen LogP contribution is 2.67. The van der Waals surface area contributed by atoms with Crippen LogP contribution in [0.5, 0.6) is 0 Å². The van der Waals surface area contributed by atoms with Gasteiger partial charge in [-0.15, -0.1) is 0 Å². The number of aliphatic hydroxyl groups is 1. The summed E-state index contributed by atoms with van der Waals surface area (Å²) in [5.74, 6) is 2.58. The van der Waals surface area contributed by atoms with Gasteiger partial charge in [0.25, 0.3) is 0 Å². The fraction of sp³-hybridized carbons (Fsp3) is 0.871. The van der Waals surface area contributed by atoms with Gasteiger partial charge in [-0.1, -0.05) is 46.3 Å². The quantitative estimate of drug-likeness (QED) is 0.314. The lowest BCUT2D eigenvalue weighted by atomic mass is 9.46. The maximum atomic E-state index is 13.2. The lowest BCUT2D eigenvalue weighted by Crippen LogP contribution is -2.53. The molecule has 0 aromatic rings. The Labute approximate surface area is 213 Å². The van der Waals surface area contributed by atoms with Crippen LogP contribution in [0.25, 0.3) is 0 Å². The van der Waals surface area contributed by atoms with Gasteiger partial charge in [0.1, 0.15) is 11.9 Å². The van der Waals surface area contributed by atoms with Crippen LogP contribution in [0, 0.1) is 46.3 Å². The molecule has 0 spiro atoms. The van der Waals surface area contributed by atoms with Crippen molar-refractivity contribution >= 4 is 11.8 Å². The number of carbonyl (C=O) groups is 2. The highest BCUT2D eigenvalue weighted by Gasteiger charge is 2.61. The molecule has 0 bridgehead atoms. The number of ether oxygens (including phenoxy) is 1. The summed E-state index contributed by atoms with van der Waals surface area (Å²) in [5.41, 5.74) is 0.896. The summed E-state index contributed by atoms with van der Waals surface area (Å²) in [6, 6.07) is 0. The van der Waals surface area contributed by atoms with Gasteiger partial charge in [-0.2, -0.15) is 0 Å². The summed E-state index contributed by atoms with van der Waals surface area (Å²) in [6.45, 7) is 14.7. The molecule has 1 N–H and O–H groups in total. The minimum absolute atomic E-state index is 0.0403. The summed E-state index contributed by atoms with van der Waals surface area (Å²) >= 11 is 0. The molecule has 0 aliphatic heterocycles. The van der Waals surface area contributed by atoms with Crippen LogP contribution in [0.1, 0.15) is 113 Å². The molecule has 35 heavy (non-hydrogen) atoms. The lowest BCUT2D eigenvalue weighted by Gasteiger charge is -2.59. The zero-order valence-electron chi connectivity index (χ0n) is 23.4. The van der Waals surface area contributed by atoms with E-state index in [-0.39, 0.29) is 40.5 Å². The van der Waals surface area contributed by atoms with Gasteiger partial charge in [-0.05, 0) is 98.7 Å². The van der Waals surface area contributed by atoms with E-state index < -0.39 is 5.60 Å². The van der Waals surface area contributed by atoms with E-state index in [0.717, 1.165) is 44.9 Å². The Morgan fingerprint density at radius 1 is 1.14 bits per heavy atom. The van der Waals surface area contributed by atoms with Gasteiger partial charge < -0.3 is 9.84 Å².